The molecule has 0 atom stereocenters. The second-order valence-electron chi connectivity index (χ2n) is 1.45. The third-order valence-electron chi connectivity index (χ3n) is 0.811. The first-order valence-corrected chi connectivity index (χ1v) is 7.19. The molecule has 0 aliphatic heterocycles. The third-order valence-corrected chi connectivity index (χ3v) is 11.0. The van der Waals surface area contributed by atoms with Crippen LogP contribution >= 0.6 is 0 Å². The summed E-state index contributed by atoms with van der Waals surface area (Å²) in [6, 6.07) is 0. The van der Waals surface area contributed by atoms with Gasteiger partial charge in [0.1, 0.15) is 0 Å². The predicted octanol–water partition coefficient (Wildman–Crippen LogP) is -2.24. The van der Waals surface area contributed by atoms with Crippen molar-refractivity contribution in [1.82, 2.24) is 0 Å². The zero-order valence-corrected chi connectivity index (χ0v) is 9.60. The van der Waals surface area contributed by atoms with Crippen LogP contribution in [0.15, 0.2) is 0 Å². The molecule has 52 valence electrons. The first-order valence-electron chi connectivity index (χ1n) is 2.53. The van der Waals surface area contributed by atoms with E-state index in [1.165, 1.54) is 2.50 Å². The summed E-state index contributed by atoms with van der Waals surface area (Å²) in [4.78, 5) is 19.9. The second-order valence-corrected chi connectivity index (χ2v) is 12.6. The Bertz CT molecular complexity index is 283. The van der Waals surface area contributed by atoms with Gasteiger partial charge in [0.05, 0.1) is 0 Å². The number of carbonyl (C=O) groups is 2. The van der Waals surface area contributed by atoms with Crippen LogP contribution in [0.5, 0.6) is 0 Å². The molecular weight excluding hydrogens is 359 g/mol. The van der Waals surface area contributed by atoms with E-state index in [1.807, 2.05) is 0 Å². The predicted molar refractivity (Wildman–Crippen MR) is 40.6 cm³/mol. The van der Waals surface area contributed by atoms with Gasteiger partial charge in [0, 0.05) is 0 Å². The summed E-state index contributed by atoms with van der Waals surface area (Å²) >= 11 is -0.398. The summed E-state index contributed by atoms with van der Waals surface area (Å²) in [7, 11) is 0. The number of carbonyl (C=O) groups excluding carboxylic acids is 2. The van der Waals surface area contributed by atoms with E-state index in [4.69, 9.17) is 0 Å². The molecule has 0 aliphatic rings. The van der Waals surface area contributed by atoms with Crippen LogP contribution in [-0.4, -0.2) is 53.4 Å². The van der Waals surface area contributed by atoms with Crippen LogP contribution in [-0.2, 0) is 9.59 Å². The van der Waals surface area contributed by atoms with Crippen LogP contribution in [0, 0.1) is 0 Å². The van der Waals surface area contributed by atoms with Gasteiger partial charge < -0.3 is 0 Å². The molecule has 1 rings (SSSR count). The van der Waals surface area contributed by atoms with Crippen molar-refractivity contribution in [2.75, 3.05) is 0 Å². The third kappa shape index (κ3) is 2.22. The van der Waals surface area contributed by atoms with Gasteiger partial charge in [0.25, 0.3) is 0 Å². The summed E-state index contributed by atoms with van der Waals surface area (Å²) in [6.45, 7) is 0. The van der Waals surface area contributed by atoms with Crippen LogP contribution in [0.1, 0.15) is 0 Å². The Balaban J connectivity index is 2.92. The van der Waals surface area contributed by atoms with E-state index < -0.39 is 0 Å². The van der Waals surface area contributed by atoms with Gasteiger partial charge >= 0.3 is 77.7 Å². The van der Waals surface area contributed by atoms with Crippen molar-refractivity contribution < 1.29 is 9.59 Å². The quantitative estimate of drug-likeness (QED) is 0.440. The van der Waals surface area contributed by atoms with E-state index in [-0.39, 0.29) is 40.9 Å². The molecule has 0 amide bonds. The van der Waals surface area contributed by atoms with Gasteiger partial charge in [-0.2, -0.15) is 0 Å². The Kier molecular flexibility index (Phi) is 3.66. The number of hydrogen-bond acceptors (Lipinski definition) is 2. The van der Waals surface area contributed by atoms with Crippen LogP contribution in [0.3, 0.4) is 0 Å². The first kappa shape index (κ1) is 8.50. The molecule has 0 aromatic carbocycles. The van der Waals surface area contributed by atoms with E-state index in [1.54, 1.807) is 12.2 Å². The monoisotopic (exact) mass is 368 g/mol. The molecule has 10 heavy (non-hydrogen) atoms. The van der Waals surface area contributed by atoms with Crippen molar-refractivity contribution in [1.29, 1.82) is 0 Å². The fourth-order valence-electron chi connectivity index (χ4n) is 0.453. The van der Waals surface area contributed by atoms with Gasteiger partial charge in [-0.25, -0.2) is 0 Å². The van der Waals surface area contributed by atoms with Crippen molar-refractivity contribution in [2.45, 2.75) is 0 Å². The summed E-state index contributed by atoms with van der Waals surface area (Å²) in [6.07, 6.45) is 5.05. The van der Waals surface area contributed by atoms with Gasteiger partial charge in [-0.05, 0) is 0 Å². The van der Waals surface area contributed by atoms with Crippen molar-refractivity contribution in [3.63, 3.8) is 0 Å². The maximum atomic E-state index is 9.95. The Morgan fingerprint density at radius 3 is 1.60 bits per heavy atom. The summed E-state index contributed by atoms with van der Waals surface area (Å²) in [5, 5.41) is 0. The molecule has 0 spiro atoms. The normalized spacial score (nSPS) is 8.80. The molecule has 0 bridgehead atoms. The molecular formula is C6H4O2Te2. The number of hydrogen-bond donors (Lipinski definition) is 0. The molecule has 0 saturated heterocycles. The minimum atomic E-state index is -0.199. The number of aldehydes is 2. The summed E-state index contributed by atoms with van der Waals surface area (Å²) in [5.74, 6) is 0. The van der Waals surface area contributed by atoms with Crippen molar-refractivity contribution in [2.24, 2.45) is 0 Å². The molecule has 0 N–H and O–H groups in total. The molecule has 4 heteroatoms. The molecule has 0 radical (unpaired) electrons. The molecule has 2 nitrogen and oxygen atoms in total. The maximum absolute atomic E-state index is 9.95. The van der Waals surface area contributed by atoms with Gasteiger partial charge in [-0.1, -0.05) is 0 Å². The van der Waals surface area contributed by atoms with Gasteiger partial charge in [-0.3, -0.25) is 0 Å². The first-order chi connectivity index (χ1) is 4.86. The van der Waals surface area contributed by atoms with Gasteiger partial charge in [0.15, 0.2) is 0 Å². The molecule has 0 aliphatic carbocycles. The van der Waals surface area contributed by atoms with Crippen molar-refractivity contribution >= 4 is 65.6 Å². The zero-order chi connectivity index (χ0) is 7.40. The molecule has 0 fully saturated rings. The van der Waals surface area contributed by atoms with E-state index in [0.29, 0.717) is 0 Å². The van der Waals surface area contributed by atoms with Crippen molar-refractivity contribution in [3.8, 4) is 0 Å². The number of rotatable bonds is 2. The minimum absolute atomic E-state index is 0.199. The SMILES string of the molecule is O=CC=c1[te]c(=CC=O)[te]1. The fourth-order valence-corrected chi connectivity index (χ4v) is 8.32. The Hall–Kier alpha value is 0.399. The Labute approximate surface area is 77.1 Å². The zero-order valence-electron chi connectivity index (χ0n) is 4.94. The van der Waals surface area contributed by atoms with Gasteiger partial charge in [-0.15, -0.1) is 0 Å². The topological polar surface area (TPSA) is 34.1 Å². The molecule has 1 aromatic rings. The Morgan fingerprint density at radius 1 is 0.900 bits per heavy atom. The van der Waals surface area contributed by atoms with Crippen LogP contribution in [0.4, 0.5) is 0 Å². The van der Waals surface area contributed by atoms with Gasteiger partial charge in [0.2, 0.25) is 0 Å². The van der Waals surface area contributed by atoms with E-state index in [9.17, 15) is 9.59 Å². The summed E-state index contributed by atoms with van der Waals surface area (Å²) < 4.78 is 2.75. The van der Waals surface area contributed by atoms with Crippen LogP contribution in [0.25, 0.3) is 12.2 Å². The average Bonchev–Trinajstić information content (AvgIpc) is 1.84. The van der Waals surface area contributed by atoms with E-state index in [0.717, 1.165) is 12.6 Å². The molecule has 0 unspecified atom stereocenters. The van der Waals surface area contributed by atoms with E-state index >= 15 is 0 Å². The van der Waals surface area contributed by atoms with Crippen LogP contribution in [0.2, 0.25) is 0 Å². The average molecular weight is 363 g/mol. The molecule has 1 heterocycles. The second kappa shape index (κ2) is 4.31. The van der Waals surface area contributed by atoms with Crippen LogP contribution < -0.4 is 2.50 Å². The molecule has 1 aromatic heterocycles. The fraction of sp³-hybridized carbons (Fsp3) is 0. The summed E-state index contributed by atoms with van der Waals surface area (Å²) in [5.41, 5.74) is 0. The Morgan fingerprint density at radius 2 is 1.30 bits per heavy atom. The van der Waals surface area contributed by atoms with E-state index in [2.05, 4.69) is 0 Å². The van der Waals surface area contributed by atoms with Crippen molar-refractivity contribution in [3.05, 3.63) is 2.50 Å². The standard InChI is InChI=1S/C6H4O2Te2/c7-3-1-5-9-6(10-5)2-4-8/h1-4H. The molecule has 0 saturated carbocycles.